The highest BCUT2D eigenvalue weighted by Gasteiger charge is 2.14. The van der Waals surface area contributed by atoms with Crippen molar-refractivity contribution in [1.82, 2.24) is 20.3 Å². The maximum absolute atomic E-state index is 12.2. The van der Waals surface area contributed by atoms with E-state index >= 15 is 0 Å². The molecular formula is C19H23N5O4S. The van der Waals surface area contributed by atoms with Crippen LogP contribution in [0.15, 0.2) is 22.7 Å². The fourth-order valence-corrected chi connectivity index (χ4v) is 3.56. The zero-order valence-electron chi connectivity index (χ0n) is 16.8. The Morgan fingerprint density at radius 2 is 2.00 bits per heavy atom. The van der Waals surface area contributed by atoms with E-state index in [1.54, 1.807) is 26.4 Å². The van der Waals surface area contributed by atoms with Crippen LogP contribution in [0.25, 0.3) is 11.4 Å². The van der Waals surface area contributed by atoms with E-state index in [-0.39, 0.29) is 12.3 Å². The third kappa shape index (κ3) is 5.50. The SMILES string of the molecule is COc1ccc(-c2noc(CCC(=O)Nc3nnc(CC(C)C)s3)n2)cc1OC. The molecule has 0 aliphatic rings. The van der Waals surface area contributed by atoms with Gasteiger partial charge in [0.1, 0.15) is 5.01 Å². The topological polar surface area (TPSA) is 112 Å². The standard InChI is InChI=1S/C19H23N5O4S/c1-11(2)9-17-22-23-19(29-17)20-15(25)7-8-16-21-18(24-28-16)12-5-6-13(26-3)14(10-12)27-4/h5-6,10-11H,7-9H2,1-4H3,(H,20,23,25). The first-order valence-electron chi connectivity index (χ1n) is 9.15. The maximum Gasteiger partial charge on any atom is 0.227 e. The molecule has 0 spiro atoms. The number of aromatic nitrogens is 4. The number of anilines is 1. The van der Waals surface area contributed by atoms with Crippen molar-refractivity contribution in [2.45, 2.75) is 33.1 Å². The van der Waals surface area contributed by atoms with Crippen LogP contribution in [0.3, 0.4) is 0 Å². The van der Waals surface area contributed by atoms with E-state index in [0.717, 1.165) is 17.0 Å². The van der Waals surface area contributed by atoms with E-state index in [2.05, 4.69) is 39.5 Å². The number of rotatable bonds is 9. The predicted molar refractivity (Wildman–Crippen MR) is 108 cm³/mol. The van der Waals surface area contributed by atoms with Crippen molar-refractivity contribution in [3.8, 4) is 22.9 Å². The Labute approximate surface area is 172 Å². The van der Waals surface area contributed by atoms with Gasteiger partial charge in [0.15, 0.2) is 11.5 Å². The number of ether oxygens (including phenoxy) is 2. The average molecular weight is 417 g/mol. The first kappa shape index (κ1) is 20.7. The maximum atomic E-state index is 12.2. The molecule has 0 bridgehead atoms. The molecule has 0 saturated heterocycles. The lowest BCUT2D eigenvalue weighted by molar-refractivity contribution is -0.116. The molecule has 1 amide bonds. The van der Waals surface area contributed by atoms with Crippen molar-refractivity contribution in [1.29, 1.82) is 0 Å². The number of carbonyl (C=O) groups is 1. The molecule has 0 fully saturated rings. The molecule has 3 rings (SSSR count). The van der Waals surface area contributed by atoms with Crippen molar-refractivity contribution in [3.05, 3.63) is 29.1 Å². The summed E-state index contributed by atoms with van der Waals surface area (Å²) < 4.78 is 15.8. The van der Waals surface area contributed by atoms with Crippen molar-refractivity contribution in [3.63, 3.8) is 0 Å². The molecule has 1 N–H and O–H groups in total. The zero-order chi connectivity index (χ0) is 20.8. The van der Waals surface area contributed by atoms with Crippen LogP contribution in [-0.4, -0.2) is 40.5 Å². The predicted octanol–water partition coefficient (Wildman–Crippen LogP) is 3.38. The fourth-order valence-electron chi connectivity index (χ4n) is 2.59. The number of methoxy groups -OCH3 is 2. The quantitative estimate of drug-likeness (QED) is 0.564. The molecule has 0 saturated carbocycles. The van der Waals surface area contributed by atoms with Crippen molar-refractivity contribution < 1.29 is 18.8 Å². The largest absolute Gasteiger partial charge is 0.493 e. The van der Waals surface area contributed by atoms with Crippen molar-refractivity contribution in [2.75, 3.05) is 19.5 Å². The zero-order valence-corrected chi connectivity index (χ0v) is 17.6. The van der Waals surface area contributed by atoms with Crippen LogP contribution in [0.1, 0.15) is 31.2 Å². The molecule has 0 unspecified atom stereocenters. The summed E-state index contributed by atoms with van der Waals surface area (Å²) in [6.45, 7) is 4.22. The minimum atomic E-state index is -0.178. The molecule has 0 atom stereocenters. The van der Waals surface area contributed by atoms with Gasteiger partial charge >= 0.3 is 0 Å². The smallest absolute Gasteiger partial charge is 0.227 e. The van der Waals surface area contributed by atoms with Crippen LogP contribution in [0.5, 0.6) is 11.5 Å². The molecular weight excluding hydrogens is 394 g/mol. The Balaban J connectivity index is 1.56. The van der Waals surface area contributed by atoms with Gasteiger partial charge < -0.3 is 19.3 Å². The van der Waals surface area contributed by atoms with Crippen molar-refractivity contribution in [2.24, 2.45) is 5.92 Å². The van der Waals surface area contributed by atoms with Crippen LogP contribution in [0.4, 0.5) is 5.13 Å². The number of hydrogen-bond donors (Lipinski definition) is 1. The lowest BCUT2D eigenvalue weighted by Crippen LogP contribution is -2.12. The molecule has 0 aliphatic heterocycles. The summed E-state index contributed by atoms with van der Waals surface area (Å²) in [7, 11) is 3.13. The average Bonchev–Trinajstić information content (AvgIpc) is 3.35. The molecule has 0 aliphatic carbocycles. The van der Waals surface area contributed by atoms with Crippen LogP contribution >= 0.6 is 11.3 Å². The first-order chi connectivity index (χ1) is 14.0. The van der Waals surface area contributed by atoms with Crippen LogP contribution in [0, 0.1) is 5.92 Å². The molecule has 29 heavy (non-hydrogen) atoms. The molecule has 0 radical (unpaired) electrons. The minimum absolute atomic E-state index is 0.178. The van der Waals surface area contributed by atoms with Crippen molar-refractivity contribution >= 4 is 22.4 Å². The van der Waals surface area contributed by atoms with E-state index in [1.807, 2.05) is 6.07 Å². The summed E-state index contributed by atoms with van der Waals surface area (Å²) in [6, 6.07) is 5.35. The number of amides is 1. The van der Waals surface area contributed by atoms with Gasteiger partial charge in [-0.15, -0.1) is 10.2 Å². The number of aryl methyl sites for hydroxylation is 1. The number of hydrogen-bond acceptors (Lipinski definition) is 9. The van der Waals surface area contributed by atoms with Gasteiger partial charge in [0.25, 0.3) is 0 Å². The lowest BCUT2D eigenvalue weighted by atomic mass is 10.1. The summed E-state index contributed by atoms with van der Waals surface area (Å²) >= 11 is 1.39. The Morgan fingerprint density at radius 1 is 1.21 bits per heavy atom. The minimum Gasteiger partial charge on any atom is -0.493 e. The fraction of sp³-hybridized carbons (Fsp3) is 0.421. The lowest BCUT2D eigenvalue weighted by Gasteiger charge is -2.07. The molecule has 154 valence electrons. The van der Waals surface area contributed by atoms with Gasteiger partial charge in [-0.1, -0.05) is 30.3 Å². The summed E-state index contributed by atoms with van der Waals surface area (Å²) in [6.07, 6.45) is 1.37. The third-order valence-electron chi connectivity index (χ3n) is 3.97. The van der Waals surface area contributed by atoms with Gasteiger partial charge in [-0.2, -0.15) is 4.98 Å². The second-order valence-corrected chi connectivity index (χ2v) is 7.79. The van der Waals surface area contributed by atoms with Crippen LogP contribution < -0.4 is 14.8 Å². The molecule has 2 aromatic heterocycles. The highest BCUT2D eigenvalue weighted by Crippen LogP contribution is 2.31. The van der Waals surface area contributed by atoms with Gasteiger partial charge in [0.05, 0.1) is 14.2 Å². The Morgan fingerprint density at radius 3 is 2.72 bits per heavy atom. The Bertz CT molecular complexity index is 969. The summed E-state index contributed by atoms with van der Waals surface area (Å²) in [5.41, 5.74) is 0.730. The van der Waals surface area contributed by atoms with Crippen LogP contribution in [0.2, 0.25) is 0 Å². The number of nitrogens with zero attached hydrogens (tertiary/aromatic N) is 4. The molecule has 9 nitrogen and oxygen atoms in total. The van der Waals surface area contributed by atoms with Crippen LogP contribution in [-0.2, 0) is 17.6 Å². The van der Waals surface area contributed by atoms with Gasteiger partial charge in [-0.05, 0) is 24.1 Å². The molecule has 1 aromatic carbocycles. The van der Waals surface area contributed by atoms with E-state index in [4.69, 9.17) is 14.0 Å². The third-order valence-corrected chi connectivity index (χ3v) is 4.83. The highest BCUT2D eigenvalue weighted by atomic mass is 32.1. The summed E-state index contributed by atoms with van der Waals surface area (Å²) in [5.74, 6) is 2.30. The second-order valence-electron chi connectivity index (χ2n) is 6.73. The van der Waals surface area contributed by atoms with Gasteiger partial charge in [-0.25, -0.2) is 0 Å². The Kier molecular flexibility index (Phi) is 6.76. The molecule has 2 heterocycles. The Hall–Kier alpha value is -3.01. The van der Waals surface area contributed by atoms with Gasteiger partial charge in [-0.3, -0.25) is 4.79 Å². The molecule has 10 heteroatoms. The first-order valence-corrected chi connectivity index (χ1v) is 9.97. The van der Waals surface area contributed by atoms with E-state index in [9.17, 15) is 4.79 Å². The van der Waals surface area contributed by atoms with E-state index in [0.29, 0.717) is 40.7 Å². The highest BCUT2D eigenvalue weighted by molar-refractivity contribution is 7.15. The molecule has 3 aromatic rings. The normalized spacial score (nSPS) is 10.9. The summed E-state index contributed by atoms with van der Waals surface area (Å²) in [5, 5.41) is 16.2. The summed E-state index contributed by atoms with van der Waals surface area (Å²) in [4.78, 5) is 16.5. The number of nitrogens with one attached hydrogen (secondary N) is 1. The van der Waals surface area contributed by atoms with Gasteiger partial charge in [0.2, 0.25) is 22.8 Å². The van der Waals surface area contributed by atoms with E-state index < -0.39 is 0 Å². The number of carbonyl (C=O) groups excluding carboxylic acids is 1. The van der Waals surface area contributed by atoms with Gasteiger partial charge in [0, 0.05) is 24.8 Å². The monoisotopic (exact) mass is 417 g/mol. The second kappa shape index (κ2) is 9.46. The van der Waals surface area contributed by atoms with E-state index in [1.165, 1.54) is 11.3 Å². The number of benzene rings is 1.